The van der Waals surface area contributed by atoms with Crippen molar-refractivity contribution in [2.75, 3.05) is 11.9 Å². The highest BCUT2D eigenvalue weighted by Crippen LogP contribution is 2.19. The number of halogens is 1. The number of carbonyl (C=O) groups is 2. The first-order valence-corrected chi connectivity index (χ1v) is 9.58. The van der Waals surface area contributed by atoms with Crippen LogP contribution < -0.4 is 15.5 Å². The quantitative estimate of drug-likeness (QED) is 0.256. The fourth-order valence-corrected chi connectivity index (χ4v) is 2.73. The van der Waals surface area contributed by atoms with E-state index in [0.29, 0.717) is 16.3 Å². The van der Waals surface area contributed by atoms with Gasteiger partial charge in [0.05, 0.1) is 23.3 Å². The maximum absolute atomic E-state index is 12.3. The smallest absolute Gasteiger partial charge is 0.345 e. The van der Waals surface area contributed by atoms with Gasteiger partial charge in [0.2, 0.25) is 0 Å². The van der Waals surface area contributed by atoms with Gasteiger partial charge in [0, 0.05) is 5.69 Å². The third-order valence-corrected chi connectivity index (χ3v) is 4.40. The summed E-state index contributed by atoms with van der Waals surface area (Å²) in [6.45, 7) is 2.09. The molecule has 0 saturated heterocycles. The first-order valence-electron chi connectivity index (χ1n) is 9.20. The Morgan fingerprint density at radius 3 is 2.57 bits per heavy atom. The summed E-state index contributed by atoms with van der Waals surface area (Å²) in [6, 6.07) is 21.2. The highest BCUT2D eigenvalue weighted by atomic mass is 35.5. The molecule has 0 spiro atoms. The Hall–Kier alpha value is -3.64. The summed E-state index contributed by atoms with van der Waals surface area (Å²) in [5.41, 5.74) is 5.39. The minimum atomic E-state index is -0.551. The van der Waals surface area contributed by atoms with E-state index in [1.807, 2.05) is 31.2 Å². The molecule has 2 N–H and O–H groups in total. The van der Waals surface area contributed by atoms with E-state index < -0.39 is 5.97 Å². The van der Waals surface area contributed by atoms with Gasteiger partial charge in [-0.2, -0.15) is 5.10 Å². The highest BCUT2D eigenvalue weighted by Gasteiger charge is 2.12. The van der Waals surface area contributed by atoms with Crippen molar-refractivity contribution in [1.29, 1.82) is 0 Å². The standard InChI is InChI=1S/C23H20ClN3O3/c1-16-9-11-18(12-10-16)25-15-22(28)27-26-14-17-5-4-6-19(13-17)30-23(29)20-7-2-3-8-21(20)24/h2-14,25H,15H2,1H3,(H,27,28). The van der Waals surface area contributed by atoms with E-state index in [2.05, 4.69) is 15.8 Å². The maximum atomic E-state index is 12.3. The molecule has 0 saturated carbocycles. The molecule has 0 fully saturated rings. The Kier molecular flexibility index (Phi) is 7.19. The van der Waals surface area contributed by atoms with Gasteiger partial charge in [-0.05, 0) is 48.9 Å². The lowest BCUT2D eigenvalue weighted by molar-refractivity contribution is -0.119. The number of hydrazone groups is 1. The van der Waals surface area contributed by atoms with Crippen LogP contribution in [-0.2, 0) is 4.79 Å². The van der Waals surface area contributed by atoms with Gasteiger partial charge >= 0.3 is 5.97 Å². The second-order valence-corrected chi connectivity index (χ2v) is 6.86. The summed E-state index contributed by atoms with van der Waals surface area (Å²) >= 11 is 6.02. The lowest BCUT2D eigenvalue weighted by atomic mass is 10.2. The average molecular weight is 422 g/mol. The van der Waals surface area contributed by atoms with Gasteiger partial charge in [0.15, 0.2) is 0 Å². The van der Waals surface area contributed by atoms with Crippen LogP contribution in [0.25, 0.3) is 0 Å². The zero-order valence-corrected chi connectivity index (χ0v) is 17.0. The number of aryl methyl sites for hydroxylation is 1. The maximum Gasteiger partial charge on any atom is 0.345 e. The highest BCUT2D eigenvalue weighted by molar-refractivity contribution is 6.33. The second kappa shape index (κ2) is 10.2. The lowest BCUT2D eigenvalue weighted by Gasteiger charge is -2.06. The van der Waals surface area contributed by atoms with Gasteiger partial charge in [-0.15, -0.1) is 0 Å². The topological polar surface area (TPSA) is 79.8 Å². The predicted octanol–water partition coefficient (Wildman–Crippen LogP) is 4.43. The van der Waals surface area contributed by atoms with E-state index in [9.17, 15) is 9.59 Å². The van der Waals surface area contributed by atoms with Gasteiger partial charge in [-0.25, -0.2) is 10.2 Å². The molecule has 0 radical (unpaired) electrons. The van der Waals surface area contributed by atoms with Crippen molar-refractivity contribution in [3.8, 4) is 5.75 Å². The van der Waals surface area contributed by atoms with Crippen LogP contribution in [0.1, 0.15) is 21.5 Å². The van der Waals surface area contributed by atoms with Crippen LogP contribution in [0.3, 0.4) is 0 Å². The Morgan fingerprint density at radius 2 is 1.80 bits per heavy atom. The molecule has 0 bridgehead atoms. The molecule has 0 aliphatic carbocycles. The van der Waals surface area contributed by atoms with E-state index in [1.54, 1.807) is 48.5 Å². The number of rotatable bonds is 7. The number of nitrogens with one attached hydrogen (secondary N) is 2. The molecule has 0 unspecified atom stereocenters. The largest absolute Gasteiger partial charge is 0.423 e. The molecular formula is C23H20ClN3O3. The monoisotopic (exact) mass is 421 g/mol. The molecule has 1 amide bonds. The number of hydrogen-bond acceptors (Lipinski definition) is 5. The number of benzene rings is 3. The molecule has 152 valence electrons. The van der Waals surface area contributed by atoms with Crippen molar-refractivity contribution in [3.63, 3.8) is 0 Å². The molecule has 0 aliphatic heterocycles. The molecule has 0 atom stereocenters. The predicted molar refractivity (Wildman–Crippen MR) is 118 cm³/mol. The van der Waals surface area contributed by atoms with Crippen LogP contribution in [0.5, 0.6) is 5.75 Å². The first-order chi connectivity index (χ1) is 14.5. The number of ether oxygens (including phenoxy) is 1. The van der Waals surface area contributed by atoms with E-state index in [0.717, 1.165) is 11.3 Å². The second-order valence-electron chi connectivity index (χ2n) is 6.45. The number of esters is 1. The summed E-state index contributed by atoms with van der Waals surface area (Å²) in [5.74, 6) is -0.491. The number of anilines is 1. The first kappa shape index (κ1) is 21.1. The third kappa shape index (κ3) is 6.18. The summed E-state index contributed by atoms with van der Waals surface area (Å²) in [7, 11) is 0. The molecule has 6 nitrogen and oxygen atoms in total. The molecule has 30 heavy (non-hydrogen) atoms. The molecule has 3 aromatic carbocycles. The fraction of sp³-hybridized carbons (Fsp3) is 0.0870. The van der Waals surface area contributed by atoms with E-state index >= 15 is 0 Å². The summed E-state index contributed by atoms with van der Waals surface area (Å²) < 4.78 is 5.36. The van der Waals surface area contributed by atoms with Crippen LogP contribution in [0.4, 0.5) is 5.69 Å². The van der Waals surface area contributed by atoms with Crippen LogP contribution in [0, 0.1) is 6.92 Å². The molecule has 7 heteroatoms. The Labute approximate surface area is 179 Å². The zero-order chi connectivity index (χ0) is 21.3. The fourth-order valence-electron chi connectivity index (χ4n) is 2.52. The normalized spacial score (nSPS) is 10.6. The van der Waals surface area contributed by atoms with Crippen LogP contribution in [0.15, 0.2) is 77.9 Å². The molecule has 0 aliphatic rings. The number of hydrogen-bond donors (Lipinski definition) is 2. The minimum absolute atomic E-state index is 0.0931. The van der Waals surface area contributed by atoms with Crippen LogP contribution in [0.2, 0.25) is 5.02 Å². The molecule has 3 aromatic rings. The van der Waals surface area contributed by atoms with E-state index in [4.69, 9.17) is 16.3 Å². The Morgan fingerprint density at radius 1 is 1.03 bits per heavy atom. The van der Waals surface area contributed by atoms with E-state index in [1.165, 1.54) is 6.21 Å². The van der Waals surface area contributed by atoms with Crippen molar-refractivity contribution in [2.24, 2.45) is 5.10 Å². The SMILES string of the molecule is Cc1ccc(NCC(=O)NN=Cc2cccc(OC(=O)c3ccccc3Cl)c2)cc1. The van der Waals surface area contributed by atoms with Crippen LogP contribution >= 0.6 is 11.6 Å². The summed E-state index contributed by atoms with van der Waals surface area (Å²) in [6.07, 6.45) is 1.47. The number of amides is 1. The molecule has 0 heterocycles. The average Bonchev–Trinajstić information content (AvgIpc) is 2.74. The third-order valence-electron chi connectivity index (χ3n) is 4.07. The Balaban J connectivity index is 1.52. The van der Waals surface area contributed by atoms with Crippen molar-refractivity contribution in [3.05, 3.63) is 94.5 Å². The molecular weight excluding hydrogens is 402 g/mol. The van der Waals surface area contributed by atoms with Crippen molar-refractivity contribution in [2.45, 2.75) is 6.92 Å². The van der Waals surface area contributed by atoms with Gasteiger partial charge in [0.1, 0.15) is 5.75 Å². The van der Waals surface area contributed by atoms with Gasteiger partial charge in [0.25, 0.3) is 5.91 Å². The summed E-state index contributed by atoms with van der Waals surface area (Å²) in [4.78, 5) is 24.2. The van der Waals surface area contributed by atoms with Crippen LogP contribution in [-0.4, -0.2) is 24.6 Å². The van der Waals surface area contributed by atoms with Crippen molar-refractivity contribution >= 4 is 35.4 Å². The number of carbonyl (C=O) groups excluding carboxylic acids is 2. The zero-order valence-electron chi connectivity index (χ0n) is 16.3. The molecule has 0 aromatic heterocycles. The summed E-state index contributed by atoms with van der Waals surface area (Å²) in [5, 5.41) is 7.27. The van der Waals surface area contributed by atoms with Gasteiger partial charge in [-0.3, -0.25) is 4.79 Å². The van der Waals surface area contributed by atoms with E-state index in [-0.39, 0.29) is 18.0 Å². The van der Waals surface area contributed by atoms with Gasteiger partial charge in [-0.1, -0.05) is 53.6 Å². The molecule has 3 rings (SSSR count). The van der Waals surface area contributed by atoms with Crippen molar-refractivity contribution < 1.29 is 14.3 Å². The Bertz CT molecular complexity index is 1070. The minimum Gasteiger partial charge on any atom is -0.423 e. The lowest BCUT2D eigenvalue weighted by Crippen LogP contribution is -2.25. The van der Waals surface area contributed by atoms with Gasteiger partial charge < -0.3 is 10.1 Å². The van der Waals surface area contributed by atoms with Crippen molar-refractivity contribution in [1.82, 2.24) is 5.43 Å². The number of nitrogens with zero attached hydrogens (tertiary/aromatic N) is 1.